The van der Waals surface area contributed by atoms with E-state index in [1.54, 1.807) is 35.2 Å². The van der Waals surface area contributed by atoms with Gasteiger partial charge in [-0.05, 0) is 49.2 Å². The number of fused-ring (bicyclic) bond motifs is 2. The Balaban J connectivity index is 1.73. The fourth-order valence-electron chi connectivity index (χ4n) is 4.23. The molecule has 0 saturated carbocycles. The lowest BCUT2D eigenvalue weighted by molar-refractivity contribution is 0.0714. The highest BCUT2D eigenvalue weighted by Crippen LogP contribution is 2.39. The van der Waals surface area contributed by atoms with Crippen LogP contribution >= 0.6 is 0 Å². The first-order valence-corrected chi connectivity index (χ1v) is 10.1. The summed E-state index contributed by atoms with van der Waals surface area (Å²) in [6.45, 7) is 4.23. The van der Waals surface area contributed by atoms with Crippen molar-refractivity contribution in [2.45, 2.75) is 26.4 Å². The molecule has 0 unspecified atom stereocenters. The average Bonchev–Trinajstić information content (AvgIpc) is 3.02. The second-order valence-corrected chi connectivity index (χ2v) is 8.09. The molecule has 0 bridgehead atoms. The smallest absolute Gasteiger partial charge is 0.291 e. The molecule has 0 fully saturated rings. The first-order chi connectivity index (χ1) is 14.9. The number of aryl methyl sites for hydroxylation is 2. The quantitative estimate of drug-likeness (QED) is 0.523. The molecule has 1 aliphatic rings. The number of benzene rings is 3. The average molecular weight is 411 g/mol. The van der Waals surface area contributed by atoms with Crippen molar-refractivity contribution in [1.29, 1.82) is 0 Å². The topological polar surface area (TPSA) is 70.8 Å². The molecule has 1 aromatic heterocycles. The Labute approximate surface area is 179 Å². The number of carbonyl (C=O) groups excluding carboxylic acids is 1. The Morgan fingerprint density at radius 3 is 2.42 bits per heavy atom. The molecule has 5 rings (SSSR count). The number of aromatic hydroxyl groups is 1. The summed E-state index contributed by atoms with van der Waals surface area (Å²) < 4.78 is 5.97. The third-order valence-electron chi connectivity index (χ3n) is 5.78. The Morgan fingerprint density at radius 1 is 0.935 bits per heavy atom. The number of amides is 1. The lowest BCUT2D eigenvalue weighted by Gasteiger charge is -2.25. The largest absolute Gasteiger partial charge is 0.508 e. The zero-order valence-corrected chi connectivity index (χ0v) is 17.3. The normalized spacial score (nSPS) is 15.5. The maximum Gasteiger partial charge on any atom is 0.291 e. The summed E-state index contributed by atoms with van der Waals surface area (Å²) >= 11 is 0. The van der Waals surface area contributed by atoms with Crippen LogP contribution in [0.25, 0.3) is 11.0 Å². The van der Waals surface area contributed by atoms with E-state index in [0.29, 0.717) is 28.6 Å². The first kappa shape index (κ1) is 19.1. The number of phenols is 1. The fraction of sp³-hybridized carbons (Fsp3) is 0.154. The monoisotopic (exact) mass is 411 g/mol. The SMILES string of the molecule is Cc1ccc(CN2C(=O)c3oc4ccc(C)cc4c(=O)c3[C@H]2c2cccc(O)c2)cc1. The summed E-state index contributed by atoms with van der Waals surface area (Å²) in [5.41, 5.74) is 4.18. The van der Waals surface area contributed by atoms with Gasteiger partial charge in [0, 0.05) is 6.54 Å². The van der Waals surface area contributed by atoms with Gasteiger partial charge in [-0.2, -0.15) is 0 Å². The van der Waals surface area contributed by atoms with Crippen molar-refractivity contribution < 1.29 is 14.3 Å². The standard InChI is InChI=1S/C26H21NO4/c1-15-6-9-17(10-7-15)14-27-23(18-4-3-5-19(28)13-18)22-24(29)20-12-16(2)8-11-21(20)31-25(22)26(27)30/h3-13,23,28H,14H2,1-2H3/t23-/m1/s1. The van der Waals surface area contributed by atoms with Crippen molar-refractivity contribution in [3.05, 3.63) is 111 Å². The van der Waals surface area contributed by atoms with E-state index in [1.807, 2.05) is 50.2 Å². The maximum atomic E-state index is 13.5. The molecule has 1 aliphatic heterocycles. The van der Waals surface area contributed by atoms with Crippen LogP contribution in [0.3, 0.4) is 0 Å². The summed E-state index contributed by atoms with van der Waals surface area (Å²) in [6.07, 6.45) is 0. The summed E-state index contributed by atoms with van der Waals surface area (Å²) in [4.78, 5) is 28.6. The van der Waals surface area contributed by atoms with Crippen molar-refractivity contribution in [2.24, 2.45) is 0 Å². The Bertz CT molecular complexity index is 1390. The number of hydrogen-bond acceptors (Lipinski definition) is 4. The third kappa shape index (κ3) is 3.19. The Hall–Kier alpha value is -3.86. The van der Waals surface area contributed by atoms with Crippen LogP contribution in [-0.4, -0.2) is 15.9 Å². The van der Waals surface area contributed by atoms with Crippen molar-refractivity contribution in [3.8, 4) is 5.75 Å². The first-order valence-electron chi connectivity index (χ1n) is 10.1. The lowest BCUT2D eigenvalue weighted by Crippen LogP contribution is -2.29. The molecule has 1 N–H and O–H groups in total. The second-order valence-electron chi connectivity index (χ2n) is 8.09. The number of hydrogen-bond donors (Lipinski definition) is 1. The molecule has 1 amide bonds. The van der Waals surface area contributed by atoms with Gasteiger partial charge in [0.2, 0.25) is 5.76 Å². The molecule has 31 heavy (non-hydrogen) atoms. The zero-order valence-electron chi connectivity index (χ0n) is 17.3. The van der Waals surface area contributed by atoms with E-state index in [-0.39, 0.29) is 22.8 Å². The number of phenolic OH excluding ortho intramolecular Hbond substituents is 1. The van der Waals surface area contributed by atoms with Crippen LogP contribution in [-0.2, 0) is 6.54 Å². The second kappa shape index (κ2) is 7.13. The maximum absolute atomic E-state index is 13.5. The van der Waals surface area contributed by atoms with Crippen LogP contribution in [0.1, 0.15) is 44.4 Å². The number of nitrogens with zero attached hydrogens (tertiary/aromatic N) is 1. The molecule has 5 heteroatoms. The van der Waals surface area contributed by atoms with Crippen LogP contribution in [0, 0.1) is 13.8 Å². The highest BCUT2D eigenvalue weighted by molar-refractivity contribution is 5.99. The molecule has 1 atom stereocenters. The van der Waals surface area contributed by atoms with Gasteiger partial charge in [-0.15, -0.1) is 0 Å². The van der Waals surface area contributed by atoms with E-state index >= 15 is 0 Å². The van der Waals surface area contributed by atoms with Gasteiger partial charge in [-0.25, -0.2) is 0 Å². The highest BCUT2D eigenvalue weighted by Gasteiger charge is 2.42. The van der Waals surface area contributed by atoms with Gasteiger partial charge in [0.1, 0.15) is 11.3 Å². The van der Waals surface area contributed by atoms with Crippen LogP contribution in [0.5, 0.6) is 5.75 Å². The van der Waals surface area contributed by atoms with Gasteiger partial charge in [0.15, 0.2) is 5.43 Å². The molecule has 0 spiro atoms. The molecule has 0 radical (unpaired) electrons. The van der Waals surface area contributed by atoms with Gasteiger partial charge < -0.3 is 14.4 Å². The van der Waals surface area contributed by atoms with Crippen LogP contribution in [0.15, 0.2) is 75.9 Å². The van der Waals surface area contributed by atoms with E-state index in [4.69, 9.17) is 4.42 Å². The fourth-order valence-corrected chi connectivity index (χ4v) is 4.23. The van der Waals surface area contributed by atoms with E-state index in [9.17, 15) is 14.7 Å². The van der Waals surface area contributed by atoms with Crippen molar-refractivity contribution in [2.75, 3.05) is 0 Å². The molecule has 3 aromatic carbocycles. The molecule has 5 nitrogen and oxygen atoms in total. The minimum absolute atomic E-state index is 0.0711. The van der Waals surface area contributed by atoms with E-state index in [2.05, 4.69) is 0 Å². The van der Waals surface area contributed by atoms with Crippen LogP contribution in [0.4, 0.5) is 0 Å². The van der Waals surface area contributed by atoms with Gasteiger partial charge >= 0.3 is 0 Å². The molecule has 0 aliphatic carbocycles. The van der Waals surface area contributed by atoms with E-state index < -0.39 is 6.04 Å². The van der Waals surface area contributed by atoms with E-state index in [0.717, 1.165) is 16.7 Å². The van der Waals surface area contributed by atoms with Crippen molar-refractivity contribution in [3.63, 3.8) is 0 Å². The molecule has 0 saturated heterocycles. The Kier molecular flexibility index (Phi) is 4.40. The molecule has 154 valence electrons. The van der Waals surface area contributed by atoms with Crippen LogP contribution in [0.2, 0.25) is 0 Å². The van der Waals surface area contributed by atoms with Gasteiger partial charge in [-0.1, -0.05) is 53.6 Å². The summed E-state index contributed by atoms with van der Waals surface area (Å²) in [7, 11) is 0. The lowest BCUT2D eigenvalue weighted by atomic mass is 9.97. The summed E-state index contributed by atoms with van der Waals surface area (Å²) in [5.74, 6) is -0.181. The number of rotatable bonds is 3. The third-order valence-corrected chi connectivity index (χ3v) is 5.78. The number of carbonyl (C=O) groups is 1. The summed E-state index contributed by atoms with van der Waals surface area (Å²) in [6, 6.07) is 19.3. The summed E-state index contributed by atoms with van der Waals surface area (Å²) in [5, 5.41) is 10.5. The molecular weight excluding hydrogens is 390 g/mol. The van der Waals surface area contributed by atoms with Gasteiger partial charge in [0.25, 0.3) is 5.91 Å². The van der Waals surface area contributed by atoms with Crippen molar-refractivity contribution in [1.82, 2.24) is 4.90 Å². The molecule has 4 aromatic rings. The van der Waals surface area contributed by atoms with E-state index in [1.165, 1.54) is 0 Å². The van der Waals surface area contributed by atoms with Gasteiger partial charge in [-0.3, -0.25) is 9.59 Å². The predicted octanol–water partition coefficient (Wildman–Crippen LogP) is 4.86. The van der Waals surface area contributed by atoms with Crippen LogP contribution < -0.4 is 5.43 Å². The molecular formula is C26H21NO4. The zero-order chi connectivity index (χ0) is 21.7. The highest BCUT2D eigenvalue weighted by atomic mass is 16.3. The Morgan fingerprint density at radius 2 is 1.68 bits per heavy atom. The van der Waals surface area contributed by atoms with Gasteiger partial charge in [0.05, 0.1) is 17.0 Å². The minimum Gasteiger partial charge on any atom is -0.508 e. The van der Waals surface area contributed by atoms with Crippen molar-refractivity contribution >= 4 is 16.9 Å². The minimum atomic E-state index is -0.642. The predicted molar refractivity (Wildman–Crippen MR) is 118 cm³/mol. The molecule has 2 heterocycles.